The minimum absolute atomic E-state index is 0.0395. The molecule has 0 radical (unpaired) electrons. The Labute approximate surface area is 152 Å². The highest BCUT2D eigenvalue weighted by molar-refractivity contribution is 5.98. The van der Waals surface area contributed by atoms with Crippen molar-refractivity contribution in [3.05, 3.63) is 0 Å². The Kier molecular flexibility index (Phi) is 7.37. The number of hydrogen-bond acceptors (Lipinski definition) is 4. The summed E-state index contributed by atoms with van der Waals surface area (Å²) in [5, 5.41) is 15.2. The van der Waals surface area contributed by atoms with Crippen LogP contribution in [0.5, 0.6) is 0 Å². The number of amidine groups is 1. The number of carbonyl (C=O) groups is 1. The van der Waals surface area contributed by atoms with E-state index < -0.39 is 42.3 Å². The number of nitrogens with one attached hydrogen (secondary N) is 1. The van der Waals surface area contributed by atoms with Crippen molar-refractivity contribution in [2.45, 2.75) is 76.6 Å². The maximum absolute atomic E-state index is 13.0. The summed E-state index contributed by atoms with van der Waals surface area (Å²) < 4.78 is 77.8. The largest absolute Gasteiger partial charge is 0.430 e. The number of amides is 2. The first kappa shape index (κ1) is 23.3. The van der Waals surface area contributed by atoms with Crippen LogP contribution in [0, 0.1) is 0 Å². The van der Waals surface area contributed by atoms with Crippen LogP contribution in [0.2, 0.25) is 0 Å². The van der Waals surface area contributed by atoms with Crippen molar-refractivity contribution in [1.82, 2.24) is 10.2 Å². The fraction of sp³-hybridized carbons (Fsp3) is 0.867. The minimum Gasteiger partial charge on any atom is -0.387 e. The number of nitrogens with zero attached hydrogens (tertiary/aromatic N) is 2. The van der Waals surface area contributed by atoms with Crippen molar-refractivity contribution in [2.75, 3.05) is 6.54 Å². The third-order valence-electron chi connectivity index (χ3n) is 3.94. The van der Waals surface area contributed by atoms with Gasteiger partial charge in [0.05, 0.1) is 6.42 Å². The molecule has 0 fully saturated rings. The Bertz CT molecular complexity index is 534. The van der Waals surface area contributed by atoms with Crippen LogP contribution in [0.3, 0.4) is 0 Å². The van der Waals surface area contributed by atoms with Crippen LogP contribution in [-0.4, -0.2) is 58.5 Å². The van der Waals surface area contributed by atoms with Gasteiger partial charge in [-0.15, -0.1) is 0 Å². The zero-order valence-corrected chi connectivity index (χ0v) is 15.1. The number of alkyl halides is 6. The van der Waals surface area contributed by atoms with Gasteiger partial charge in [-0.3, -0.25) is 4.90 Å². The van der Waals surface area contributed by atoms with Crippen LogP contribution >= 0.6 is 0 Å². The van der Waals surface area contributed by atoms with E-state index in [9.17, 15) is 36.2 Å². The standard InChI is InChI=1S/C15H23F6N3O3/c1-4-5-6-7-24(12(25)22-9(2)3)11-8-10(27-23-11)13(26,14(16,17)18)15(19,20)21/h9-10,26H,4-8H2,1-3H3,(H,22,25). The van der Waals surface area contributed by atoms with Gasteiger partial charge >= 0.3 is 18.4 Å². The molecule has 0 aromatic heterocycles. The van der Waals surface area contributed by atoms with Gasteiger partial charge in [0.1, 0.15) is 0 Å². The molecule has 0 spiro atoms. The first-order valence-electron chi connectivity index (χ1n) is 8.42. The molecule has 1 aliphatic rings. The molecule has 6 nitrogen and oxygen atoms in total. The number of aliphatic hydroxyl groups is 1. The highest BCUT2D eigenvalue weighted by Crippen LogP contribution is 2.48. The molecule has 2 amide bonds. The molecule has 0 aliphatic carbocycles. The third kappa shape index (κ3) is 5.17. The molecule has 1 aliphatic heterocycles. The second-order valence-corrected chi connectivity index (χ2v) is 6.53. The number of urea groups is 1. The van der Waals surface area contributed by atoms with Crippen LogP contribution < -0.4 is 5.32 Å². The molecular formula is C15H23F6N3O3. The van der Waals surface area contributed by atoms with Gasteiger partial charge in [-0.25, -0.2) is 4.79 Å². The Morgan fingerprint density at radius 3 is 2.26 bits per heavy atom. The van der Waals surface area contributed by atoms with Crippen LogP contribution in [0.1, 0.15) is 46.5 Å². The summed E-state index contributed by atoms with van der Waals surface area (Å²) in [5.41, 5.74) is -5.10. The Balaban J connectivity index is 3.04. The van der Waals surface area contributed by atoms with Gasteiger partial charge in [-0.2, -0.15) is 26.3 Å². The maximum Gasteiger partial charge on any atom is 0.430 e. The van der Waals surface area contributed by atoms with Gasteiger partial charge < -0.3 is 15.3 Å². The summed E-state index contributed by atoms with van der Waals surface area (Å²) in [4.78, 5) is 17.5. The molecule has 1 unspecified atom stereocenters. The van der Waals surface area contributed by atoms with E-state index in [-0.39, 0.29) is 12.6 Å². The quantitative estimate of drug-likeness (QED) is 0.522. The molecule has 12 heteroatoms. The highest BCUT2D eigenvalue weighted by atomic mass is 19.4. The molecule has 158 valence electrons. The van der Waals surface area contributed by atoms with E-state index in [1.54, 1.807) is 13.8 Å². The number of hydrogen-bond donors (Lipinski definition) is 2. The van der Waals surface area contributed by atoms with Crippen molar-refractivity contribution >= 4 is 11.9 Å². The Morgan fingerprint density at radius 1 is 1.26 bits per heavy atom. The van der Waals surface area contributed by atoms with E-state index in [0.717, 1.165) is 11.3 Å². The lowest BCUT2D eigenvalue weighted by Gasteiger charge is -2.35. The predicted octanol–water partition coefficient (Wildman–Crippen LogP) is 3.55. The van der Waals surface area contributed by atoms with E-state index in [1.807, 2.05) is 6.92 Å². The van der Waals surface area contributed by atoms with Crippen molar-refractivity contribution in [1.29, 1.82) is 0 Å². The van der Waals surface area contributed by atoms with Crippen LogP contribution in [0.4, 0.5) is 31.1 Å². The van der Waals surface area contributed by atoms with Gasteiger partial charge in [0.2, 0.25) is 0 Å². The summed E-state index contributed by atoms with van der Waals surface area (Å²) in [6, 6.07) is -1.03. The van der Waals surface area contributed by atoms with Crippen LogP contribution in [-0.2, 0) is 4.84 Å². The fourth-order valence-electron chi connectivity index (χ4n) is 2.47. The second kappa shape index (κ2) is 8.53. The summed E-state index contributed by atoms with van der Waals surface area (Å²) in [7, 11) is 0. The molecule has 0 saturated carbocycles. The molecule has 0 bridgehead atoms. The zero-order valence-electron chi connectivity index (χ0n) is 15.1. The summed E-state index contributed by atoms with van der Waals surface area (Å²) >= 11 is 0. The first-order valence-corrected chi connectivity index (χ1v) is 8.42. The SMILES string of the molecule is CCCCCN(C(=O)NC(C)C)C1=NOC(C(O)(C(F)(F)F)C(F)(F)F)C1. The highest BCUT2D eigenvalue weighted by Gasteiger charge is 2.76. The zero-order chi connectivity index (χ0) is 21.0. The molecule has 2 N–H and O–H groups in total. The summed E-state index contributed by atoms with van der Waals surface area (Å²) in [6.45, 7) is 5.21. The normalized spacial score (nSPS) is 18.3. The van der Waals surface area contributed by atoms with Crippen molar-refractivity contribution < 1.29 is 41.1 Å². The number of oxime groups is 1. The number of halogens is 6. The average Bonchev–Trinajstić information content (AvgIpc) is 2.97. The van der Waals surface area contributed by atoms with Gasteiger partial charge in [0.25, 0.3) is 5.60 Å². The summed E-state index contributed by atoms with van der Waals surface area (Å²) in [5.74, 6) is -0.402. The monoisotopic (exact) mass is 407 g/mol. The van der Waals surface area contributed by atoms with Crippen molar-refractivity contribution in [3.63, 3.8) is 0 Å². The van der Waals surface area contributed by atoms with Crippen molar-refractivity contribution in [2.24, 2.45) is 5.16 Å². The van der Waals surface area contributed by atoms with Gasteiger partial charge in [0, 0.05) is 12.6 Å². The fourth-order valence-corrected chi connectivity index (χ4v) is 2.47. The van der Waals surface area contributed by atoms with Gasteiger partial charge in [-0.05, 0) is 20.3 Å². The predicted molar refractivity (Wildman–Crippen MR) is 83.9 cm³/mol. The van der Waals surface area contributed by atoms with Gasteiger partial charge in [-0.1, -0.05) is 24.9 Å². The molecule has 0 saturated heterocycles. The number of carbonyl (C=O) groups excluding carboxylic acids is 1. The average molecular weight is 407 g/mol. The topological polar surface area (TPSA) is 74.2 Å². The van der Waals surface area contributed by atoms with Crippen LogP contribution in [0.25, 0.3) is 0 Å². The molecule has 0 aromatic rings. The maximum atomic E-state index is 13.0. The molecule has 0 aromatic carbocycles. The first-order chi connectivity index (χ1) is 12.3. The lowest BCUT2D eigenvalue weighted by Crippen LogP contribution is -2.64. The molecule has 1 rings (SSSR count). The van der Waals surface area contributed by atoms with E-state index in [2.05, 4.69) is 15.3 Å². The molecule has 1 atom stereocenters. The third-order valence-corrected chi connectivity index (χ3v) is 3.94. The number of rotatable bonds is 6. The van der Waals surface area contributed by atoms with Gasteiger partial charge in [0.15, 0.2) is 11.9 Å². The lowest BCUT2D eigenvalue weighted by atomic mass is 9.92. The molecular weight excluding hydrogens is 384 g/mol. The van der Waals surface area contributed by atoms with E-state index >= 15 is 0 Å². The Hall–Kier alpha value is -1.72. The smallest absolute Gasteiger partial charge is 0.387 e. The molecule has 27 heavy (non-hydrogen) atoms. The number of unbranched alkanes of at least 4 members (excludes halogenated alkanes) is 2. The van der Waals surface area contributed by atoms with E-state index in [4.69, 9.17) is 0 Å². The summed E-state index contributed by atoms with van der Waals surface area (Å²) in [6.07, 6.45) is -13.9. The Morgan fingerprint density at radius 2 is 1.81 bits per heavy atom. The van der Waals surface area contributed by atoms with Crippen molar-refractivity contribution in [3.8, 4) is 0 Å². The lowest BCUT2D eigenvalue weighted by molar-refractivity contribution is -0.392. The molecule has 1 heterocycles. The minimum atomic E-state index is -6.03. The van der Waals surface area contributed by atoms with Crippen LogP contribution in [0.15, 0.2) is 5.16 Å². The van der Waals surface area contributed by atoms with E-state index in [1.165, 1.54) is 0 Å². The van der Waals surface area contributed by atoms with E-state index in [0.29, 0.717) is 12.8 Å². The second-order valence-electron chi connectivity index (χ2n) is 6.53.